The third-order valence-corrected chi connectivity index (χ3v) is 1.88. The molecule has 0 fully saturated rings. The highest BCUT2D eigenvalue weighted by atomic mass is 19.4. The van der Waals surface area contributed by atoms with Crippen molar-refractivity contribution >= 4 is 0 Å². The zero-order valence-electron chi connectivity index (χ0n) is 8.35. The first-order chi connectivity index (χ1) is 6.48. The van der Waals surface area contributed by atoms with Gasteiger partial charge in [0.15, 0.2) is 6.10 Å². The molecular weight excluding hydrogens is 193 g/mol. The van der Waals surface area contributed by atoms with Crippen molar-refractivity contribution in [2.45, 2.75) is 51.3 Å². The topological polar surface area (TPSA) is 20.2 Å². The Kier molecular flexibility index (Phi) is 6.62. The smallest absolute Gasteiger partial charge is 0.380 e. The van der Waals surface area contributed by atoms with Crippen LogP contribution in [0.3, 0.4) is 0 Å². The van der Waals surface area contributed by atoms with Gasteiger partial charge in [0.2, 0.25) is 0 Å². The Morgan fingerprint density at radius 2 is 1.86 bits per heavy atom. The van der Waals surface area contributed by atoms with Gasteiger partial charge in [-0.1, -0.05) is 38.3 Å². The van der Waals surface area contributed by atoms with Crippen molar-refractivity contribution in [3.63, 3.8) is 0 Å². The summed E-state index contributed by atoms with van der Waals surface area (Å²) in [7, 11) is 0. The second-order valence-electron chi connectivity index (χ2n) is 3.26. The van der Waals surface area contributed by atoms with E-state index in [1.807, 2.05) is 0 Å². The van der Waals surface area contributed by atoms with Gasteiger partial charge in [0.05, 0.1) is 0 Å². The van der Waals surface area contributed by atoms with Gasteiger partial charge in [0.1, 0.15) is 0 Å². The van der Waals surface area contributed by atoms with Gasteiger partial charge in [-0.25, -0.2) is 0 Å². The predicted octanol–water partition coefficient (Wildman–Crippen LogP) is 3.44. The number of halogens is 3. The number of aliphatic hydroxyl groups excluding tert-OH is 1. The Bertz CT molecular complexity index is 163. The van der Waals surface area contributed by atoms with Crippen molar-refractivity contribution in [2.75, 3.05) is 0 Å². The first-order valence-electron chi connectivity index (χ1n) is 4.90. The molecule has 0 radical (unpaired) electrons. The number of aliphatic hydroxyl groups is 1. The summed E-state index contributed by atoms with van der Waals surface area (Å²) in [6.07, 6.45) is 0.101. The molecule has 0 rings (SSSR count). The number of hydrogen-bond donors (Lipinski definition) is 1. The summed E-state index contributed by atoms with van der Waals surface area (Å²) in [6, 6.07) is 0. The number of allylic oxidation sites excluding steroid dienone is 1. The number of unbranched alkanes of at least 4 members (excludes halogenated alkanes) is 4. The van der Waals surface area contributed by atoms with E-state index in [0.29, 0.717) is 6.42 Å². The summed E-state index contributed by atoms with van der Waals surface area (Å²) in [5.41, 5.74) is 0. The van der Waals surface area contributed by atoms with Crippen molar-refractivity contribution in [2.24, 2.45) is 0 Å². The molecule has 0 aliphatic heterocycles. The van der Waals surface area contributed by atoms with Crippen molar-refractivity contribution in [3.05, 3.63) is 12.2 Å². The highest BCUT2D eigenvalue weighted by Gasteiger charge is 2.35. The zero-order chi connectivity index (χ0) is 11.0. The first kappa shape index (κ1) is 13.5. The fourth-order valence-electron chi connectivity index (χ4n) is 1.02. The minimum absolute atomic E-state index is 0.604. The molecule has 0 heterocycles. The Morgan fingerprint density at radius 1 is 1.21 bits per heavy atom. The lowest BCUT2D eigenvalue weighted by molar-refractivity contribution is -0.187. The van der Waals surface area contributed by atoms with E-state index in [4.69, 9.17) is 5.11 Å². The Morgan fingerprint density at radius 3 is 2.36 bits per heavy atom. The molecule has 0 aromatic heterocycles. The molecule has 0 saturated carbocycles. The van der Waals surface area contributed by atoms with Crippen LogP contribution in [0.25, 0.3) is 0 Å². The molecule has 0 spiro atoms. The molecule has 84 valence electrons. The molecule has 14 heavy (non-hydrogen) atoms. The van der Waals surface area contributed by atoms with Crippen LogP contribution < -0.4 is 0 Å². The van der Waals surface area contributed by atoms with Crippen molar-refractivity contribution in [1.82, 2.24) is 0 Å². The molecule has 0 saturated heterocycles. The lowest BCUT2D eigenvalue weighted by Gasteiger charge is -2.09. The number of alkyl halides is 3. The summed E-state index contributed by atoms with van der Waals surface area (Å²) in [6.45, 7) is 2.07. The van der Waals surface area contributed by atoms with Crippen LogP contribution in [-0.2, 0) is 0 Å². The van der Waals surface area contributed by atoms with E-state index in [2.05, 4.69) is 6.92 Å². The number of hydrogen-bond acceptors (Lipinski definition) is 1. The lowest BCUT2D eigenvalue weighted by atomic mass is 10.1. The highest BCUT2D eigenvalue weighted by Crippen LogP contribution is 2.20. The SMILES string of the molecule is CCCCCC/C=C/[C@@H](O)C(F)(F)F. The van der Waals surface area contributed by atoms with Crippen LogP contribution in [-0.4, -0.2) is 17.4 Å². The minimum atomic E-state index is -4.53. The van der Waals surface area contributed by atoms with Crippen LogP contribution in [0.15, 0.2) is 12.2 Å². The van der Waals surface area contributed by atoms with Crippen molar-refractivity contribution in [1.29, 1.82) is 0 Å². The predicted molar refractivity (Wildman–Crippen MR) is 50.0 cm³/mol. The molecular formula is C10H17F3O. The average molecular weight is 210 g/mol. The van der Waals surface area contributed by atoms with Crippen LogP contribution in [0.1, 0.15) is 39.0 Å². The Hall–Kier alpha value is -0.510. The van der Waals surface area contributed by atoms with Gasteiger partial charge in [-0.3, -0.25) is 0 Å². The molecule has 4 heteroatoms. The second kappa shape index (κ2) is 6.87. The van der Waals surface area contributed by atoms with E-state index < -0.39 is 12.3 Å². The van der Waals surface area contributed by atoms with Crippen LogP contribution in [0, 0.1) is 0 Å². The maximum Gasteiger partial charge on any atom is 0.417 e. The van der Waals surface area contributed by atoms with Gasteiger partial charge < -0.3 is 5.11 Å². The largest absolute Gasteiger partial charge is 0.417 e. The fraction of sp³-hybridized carbons (Fsp3) is 0.800. The van der Waals surface area contributed by atoms with Crippen molar-refractivity contribution in [3.8, 4) is 0 Å². The van der Waals surface area contributed by atoms with E-state index >= 15 is 0 Å². The molecule has 0 aromatic carbocycles. The molecule has 1 nitrogen and oxygen atoms in total. The number of rotatable bonds is 6. The van der Waals surface area contributed by atoms with E-state index in [1.54, 1.807) is 0 Å². The Balaban J connectivity index is 3.53. The van der Waals surface area contributed by atoms with E-state index in [1.165, 1.54) is 6.08 Å². The van der Waals surface area contributed by atoms with Crippen LogP contribution in [0.2, 0.25) is 0 Å². The standard InChI is InChI=1S/C10H17F3O/c1-2-3-4-5-6-7-8-9(14)10(11,12)13/h7-9,14H,2-6H2,1H3/b8-7+/t9-/m1/s1. The second-order valence-corrected chi connectivity index (χ2v) is 3.26. The summed E-state index contributed by atoms with van der Waals surface area (Å²) in [4.78, 5) is 0. The van der Waals surface area contributed by atoms with Gasteiger partial charge in [0, 0.05) is 0 Å². The molecule has 1 N–H and O–H groups in total. The monoisotopic (exact) mass is 210 g/mol. The van der Waals surface area contributed by atoms with Crippen molar-refractivity contribution < 1.29 is 18.3 Å². The highest BCUT2D eigenvalue weighted by molar-refractivity contribution is 4.92. The summed E-state index contributed by atoms with van der Waals surface area (Å²) < 4.78 is 35.3. The third-order valence-electron chi connectivity index (χ3n) is 1.88. The molecule has 0 aliphatic carbocycles. The quantitative estimate of drug-likeness (QED) is 0.526. The van der Waals surface area contributed by atoms with E-state index in [9.17, 15) is 13.2 Å². The van der Waals surface area contributed by atoms with Gasteiger partial charge >= 0.3 is 6.18 Å². The Labute approximate surface area is 82.6 Å². The fourth-order valence-corrected chi connectivity index (χ4v) is 1.02. The maximum atomic E-state index is 11.8. The molecule has 0 unspecified atom stereocenters. The molecule has 1 atom stereocenters. The van der Waals surface area contributed by atoms with Gasteiger partial charge in [-0.05, 0) is 12.8 Å². The summed E-state index contributed by atoms with van der Waals surface area (Å²) >= 11 is 0. The minimum Gasteiger partial charge on any atom is -0.380 e. The average Bonchev–Trinajstić information content (AvgIpc) is 2.09. The van der Waals surface area contributed by atoms with Gasteiger partial charge in [0.25, 0.3) is 0 Å². The maximum absolute atomic E-state index is 11.8. The van der Waals surface area contributed by atoms with E-state index in [-0.39, 0.29) is 0 Å². The lowest BCUT2D eigenvalue weighted by Crippen LogP contribution is -2.25. The van der Waals surface area contributed by atoms with Gasteiger partial charge in [-0.2, -0.15) is 13.2 Å². The molecule has 0 bridgehead atoms. The van der Waals surface area contributed by atoms with Gasteiger partial charge in [-0.15, -0.1) is 0 Å². The summed E-state index contributed by atoms with van der Waals surface area (Å²) in [5.74, 6) is 0. The van der Waals surface area contributed by atoms with Crippen LogP contribution >= 0.6 is 0 Å². The van der Waals surface area contributed by atoms with Crippen LogP contribution in [0.5, 0.6) is 0 Å². The van der Waals surface area contributed by atoms with E-state index in [0.717, 1.165) is 31.8 Å². The molecule has 0 amide bonds. The first-order valence-corrected chi connectivity index (χ1v) is 4.90. The van der Waals surface area contributed by atoms with Crippen LogP contribution in [0.4, 0.5) is 13.2 Å². The summed E-state index contributed by atoms with van der Waals surface area (Å²) in [5, 5.41) is 8.58. The zero-order valence-corrected chi connectivity index (χ0v) is 8.35. The normalized spacial score (nSPS) is 14.9. The molecule has 0 aliphatic rings. The third kappa shape index (κ3) is 6.95. The molecule has 0 aromatic rings.